The number of carbonyl (C=O) groups excluding carboxylic acids is 1. The van der Waals surface area contributed by atoms with Gasteiger partial charge in [-0.3, -0.25) is 0 Å². The van der Waals surface area contributed by atoms with Crippen molar-refractivity contribution >= 4 is 23.3 Å². The highest BCUT2D eigenvalue weighted by Crippen LogP contribution is 2.24. The Hall–Kier alpha value is -2.07. The molecule has 0 saturated carbocycles. The predicted octanol–water partition coefficient (Wildman–Crippen LogP) is 4.15. The number of carbonyl (C=O) groups is 1. The molecule has 0 fully saturated rings. The molecule has 21 heavy (non-hydrogen) atoms. The number of hydrogen-bond donors (Lipinski definition) is 2. The summed E-state index contributed by atoms with van der Waals surface area (Å²) in [6, 6.07) is 11.8. The van der Waals surface area contributed by atoms with Crippen LogP contribution in [0.15, 0.2) is 42.5 Å². The third-order valence-electron chi connectivity index (χ3n) is 3.02. The van der Waals surface area contributed by atoms with Gasteiger partial charge in [-0.1, -0.05) is 47.5 Å². The number of rotatable bonds is 4. The van der Waals surface area contributed by atoms with Gasteiger partial charge in [-0.15, -0.1) is 0 Å². The number of hydrogen-bond acceptors (Lipinski definition) is 1. The maximum absolute atomic E-state index is 13.5. The van der Waals surface area contributed by atoms with Crippen molar-refractivity contribution < 1.29 is 9.18 Å². The van der Waals surface area contributed by atoms with E-state index in [1.165, 1.54) is 23.8 Å². The lowest BCUT2D eigenvalue weighted by molar-refractivity contribution is 0.252. The van der Waals surface area contributed by atoms with Crippen LogP contribution in [0.2, 0.25) is 5.02 Å². The van der Waals surface area contributed by atoms with Crippen LogP contribution in [-0.2, 0) is 6.42 Å². The molecule has 2 aromatic rings. The molecular weight excluding hydrogens is 291 g/mol. The van der Waals surface area contributed by atoms with Crippen LogP contribution in [0.4, 0.5) is 14.9 Å². The minimum absolute atomic E-state index is 0.00741. The molecule has 0 atom stereocenters. The number of nitrogens with one attached hydrogen (secondary N) is 2. The lowest BCUT2D eigenvalue weighted by atomic mass is 10.1. The molecule has 0 aliphatic heterocycles. The van der Waals surface area contributed by atoms with Crippen molar-refractivity contribution in [2.24, 2.45) is 0 Å². The van der Waals surface area contributed by atoms with Crippen LogP contribution >= 0.6 is 11.6 Å². The Balaban J connectivity index is 1.84. The molecule has 5 heteroatoms. The molecule has 0 unspecified atom stereocenters. The summed E-state index contributed by atoms with van der Waals surface area (Å²) in [5, 5.41) is 5.26. The minimum Gasteiger partial charge on any atom is -0.338 e. The number of halogens is 2. The van der Waals surface area contributed by atoms with Gasteiger partial charge in [0.25, 0.3) is 0 Å². The van der Waals surface area contributed by atoms with Crippen LogP contribution in [0.1, 0.15) is 11.1 Å². The first-order valence-electron chi connectivity index (χ1n) is 6.60. The first-order chi connectivity index (χ1) is 10.1. The van der Waals surface area contributed by atoms with E-state index < -0.39 is 11.8 Å². The van der Waals surface area contributed by atoms with Crippen molar-refractivity contribution in [2.45, 2.75) is 13.3 Å². The maximum atomic E-state index is 13.5. The van der Waals surface area contributed by atoms with E-state index in [0.29, 0.717) is 13.0 Å². The van der Waals surface area contributed by atoms with Gasteiger partial charge >= 0.3 is 6.03 Å². The summed E-state index contributed by atoms with van der Waals surface area (Å²) in [6.07, 6.45) is 0.707. The van der Waals surface area contributed by atoms with E-state index >= 15 is 0 Å². The largest absolute Gasteiger partial charge is 0.338 e. The number of anilines is 1. The maximum Gasteiger partial charge on any atom is 0.319 e. The van der Waals surface area contributed by atoms with E-state index in [4.69, 9.17) is 11.6 Å². The van der Waals surface area contributed by atoms with Gasteiger partial charge in [0, 0.05) is 6.54 Å². The fraction of sp³-hybridized carbons (Fsp3) is 0.188. The first-order valence-corrected chi connectivity index (χ1v) is 6.98. The summed E-state index contributed by atoms with van der Waals surface area (Å²) in [4.78, 5) is 11.7. The highest BCUT2D eigenvalue weighted by Gasteiger charge is 2.09. The molecule has 0 saturated heterocycles. The monoisotopic (exact) mass is 306 g/mol. The van der Waals surface area contributed by atoms with Crippen LogP contribution in [0.5, 0.6) is 0 Å². The topological polar surface area (TPSA) is 41.1 Å². The second-order valence-electron chi connectivity index (χ2n) is 4.71. The van der Waals surface area contributed by atoms with Crippen LogP contribution in [0.25, 0.3) is 0 Å². The molecule has 2 N–H and O–H groups in total. The lowest BCUT2D eigenvalue weighted by Gasteiger charge is -2.10. The molecular formula is C16H16ClFN2O. The standard InChI is InChI=1S/C16H16ClFN2O/c1-11-5-7-12(8-6-11)9-10-19-16(21)20-15-13(17)3-2-4-14(15)18/h2-8H,9-10H2,1H3,(H2,19,20,21). The third kappa shape index (κ3) is 4.46. The van der Waals surface area contributed by atoms with Crippen LogP contribution in [0, 0.1) is 12.7 Å². The summed E-state index contributed by atoms with van der Waals surface area (Å²) in [5.41, 5.74) is 2.32. The van der Waals surface area contributed by atoms with Gasteiger partial charge in [0.1, 0.15) is 5.82 Å². The molecule has 0 bridgehead atoms. The van der Waals surface area contributed by atoms with Crippen molar-refractivity contribution in [3.63, 3.8) is 0 Å². The van der Waals surface area contributed by atoms with Crippen molar-refractivity contribution in [2.75, 3.05) is 11.9 Å². The molecule has 3 nitrogen and oxygen atoms in total. The van der Waals surface area contributed by atoms with Crippen molar-refractivity contribution in [1.82, 2.24) is 5.32 Å². The molecule has 0 heterocycles. The van der Waals surface area contributed by atoms with E-state index in [-0.39, 0.29) is 10.7 Å². The molecule has 0 spiro atoms. The summed E-state index contributed by atoms with van der Waals surface area (Å²) in [6.45, 7) is 2.48. The Morgan fingerprint density at radius 3 is 2.57 bits per heavy atom. The molecule has 0 aliphatic rings. The highest BCUT2D eigenvalue weighted by atomic mass is 35.5. The van der Waals surface area contributed by atoms with Gasteiger partial charge in [-0.2, -0.15) is 0 Å². The first kappa shape index (κ1) is 15.3. The van der Waals surface area contributed by atoms with Gasteiger partial charge in [0.2, 0.25) is 0 Å². The van der Waals surface area contributed by atoms with E-state index in [0.717, 1.165) is 5.56 Å². The van der Waals surface area contributed by atoms with Gasteiger partial charge in [-0.05, 0) is 31.0 Å². The zero-order chi connectivity index (χ0) is 15.2. The zero-order valence-corrected chi connectivity index (χ0v) is 12.4. The average molecular weight is 307 g/mol. The minimum atomic E-state index is -0.559. The summed E-state index contributed by atoms with van der Waals surface area (Å²) >= 11 is 5.84. The number of amides is 2. The summed E-state index contributed by atoms with van der Waals surface area (Å²) < 4.78 is 13.5. The Morgan fingerprint density at radius 1 is 1.19 bits per heavy atom. The fourth-order valence-electron chi connectivity index (χ4n) is 1.85. The molecule has 2 rings (SSSR count). The number of para-hydroxylation sites is 1. The van der Waals surface area contributed by atoms with Crippen LogP contribution < -0.4 is 10.6 Å². The van der Waals surface area contributed by atoms with Crippen molar-refractivity contribution in [3.05, 3.63) is 64.4 Å². The predicted molar refractivity (Wildman–Crippen MR) is 83.3 cm³/mol. The van der Waals surface area contributed by atoms with E-state index in [1.807, 2.05) is 31.2 Å². The Bertz CT molecular complexity index is 608. The molecule has 0 aromatic heterocycles. The van der Waals surface area contributed by atoms with Crippen molar-refractivity contribution in [3.8, 4) is 0 Å². The number of aryl methyl sites for hydroxylation is 1. The van der Waals surface area contributed by atoms with Gasteiger partial charge in [-0.25, -0.2) is 9.18 Å². The van der Waals surface area contributed by atoms with Gasteiger partial charge in [0.05, 0.1) is 10.7 Å². The molecule has 2 aromatic carbocycles. The summed E-state index contributed by atoms with van der Waals surface area (Å²) in [5.74, 6) is -0.559. The highest BCUT2D eigenvalue weighted by molar-refractivity contribution is 6.33. The zero-order valence-electron chi connectivity index (χ0n) is 11.6. The molecule has 0 radical (unpaired) electrons. The lowest BCUT2D eigenvalue weighted by Crippen LogP contribution is -2.30. The van der Waals surface area contributed by atoms with Gasteiger partial charge in [0.15, 0.2) is 0 Å². The quantitative estimate of drug-likeness (QED) is 0.875. The Morgan fingerprint density at radius 2 is 1.90 bits per heavy atom. The summed E-state index contributed by atoms with van der Waals surface area (Å²) in [7, 11) is 0. The average Bonchev–Trinajstić information content (AvgIpc) is 2.45. The molecule has 0 aliphatic carbocycles. The number of urea groups is 1. The second-order valence-corrected chi connectivity index (χ2v) is 5.12. The van der Waals surface area contributed by atoms with Gasteiger partial charge < -0.3 is 10.6 Å². The molecule has 2 amide bonds. The Labute approximate surface area is 128 Å². The SMILES string of the molecule is Cc1ccc(CCNC(=O)Nc2c(F)cccc2Cl)cc1. The fourth-order valence-corrected chi connectivity index (χ4v) is 2.06. The normalized spacial score (nSPS) is 10.2. The van der Waals surface area contributed by atoms with Crippen LogP contribution in [0.3, 0.4) is 0 Å². The van der Waals surface area contributed by atoms with Crippen molar-refractivity contribution in [1.29, 1.82) is 0 Å². The van der Waals surface area contributed by atoms with E-state index in [1.54, 1.807) is 0 Å². The van der Waals surface area contributed by atoms with E-state index in [9.17, 15) is 9.18 Å². The van der Waals surface area contributed by atoms with E-state index in [2.05, 4.69) is 10.6 Å². The third-order valence-corrected chi connectivity index (χ3v) is 3.34. The number of benzene rings is 2. The smallest absolute Gasteiger partial charge is 0.319 e. The van der Waals surface area contributed by atoms with Crippen LogP contribution in [-0.4, -0.2) is 12.6 Å². The molecule has 110 valence electrons. The Kier molecular flexibility index (Phi) is 5.17. The second kappa shape index (κ2) is 7.09.